The van der Waals surface area contributed by atoms with E-state index in [0.717, 1.165) is 18.7 Å². The molecule has 106 valence electrons. The van der Waals surface area contributed by atoms with Gasteiger partial charge in [0.05, 0.1) is 17.4 Å². The topological polar surface area (TPSA) is 52.7 Å². The Morgan fingerprint density at radius 1 is 1.24 bits per heavy atom. The van der Waals surface area contributed by atoms with Crippen molar-refractivity contribution in [2.24, 2.45) is 0 Å². The van der Waals surface area contributed by atoms with Gasteiger partial charge in [0.1, 0.15) is 0 Å². The van der Waals surface area contributed by atoms with E-state index < -0.39 is 0 Å². The van der Waals surface area contributed by atoms with E-state index in [1.54, 1.807) is 23.3 Å². The molecule has 0 N–H and O–H groups in total. The molecule has 5 heteroatoms. The first kappa shape index (κ1) is 13.3. The normalized spacial score (nSPS) is 10.7. The van der Waals surface area contributed by atoms with Crippen LogP contribution in [0.1, 0.15) is 29.5 Å². The predicted octanol–water partition coefficient (Wildman–Crippen LogP) is 2.71. The molecule has 0 amide bonds. The molecule has 2 heterocycles. The first-order valence-electron chi connectivity index (χ1n) is 6.95. The fraction of sp³-hybridized carbons (Fsp3) is 0.188. The molecule has 3 rings (SSSR count). The first-order chi connectivity index (χ1) is 10.3. The number of carbonyl (C=O) groups is 1. The standard InChI is InChI=1S/C16H16N4O/c1-2-9-19-10-8-17-16(19)15(21)13-11-18-20(12-13)14-6-4-3-5-7-14/h3-8,10-12H,2,9H2,1H3. The van der Waals surface area contributed by atoms with Crippen molar-refractivity contribution >= 4 is 5.78 Å². The van der Waals surface area contributed by atoms with Gasteiger partial charge in [0, 0.05) is 25.1 Å². The lowest BCUT2D eigenvalue weighted by molar-refractivity contribution is 0.102. The number of benzene rings is 1. The predicted molar refractivity (Wildman–Crippen MR) is 79.5 cm³/mol. The molecule has 0 unspecified atom stereocenters. The van der Waals surface area contributed by atoms with Crippen LogP contribution in [0.5, 0.6) is 0 Å². The van der Waals surface area contributed by atoms with Crippen molar-refractivity contribution in [3.8, 4) is 5.69 Å². The number of hydrogen-bond acceptors (Lipinski definition) is 3. The van der Waals surface area contributed by atoms with Crippen molar-refractivity contribution < 1.29 is 4.79 Å². The van der Waals surface area contributed by atoms with Crippen molar-refractivity contribution in [1.82, 2.24) is 19.3 Å². The molecule has 3 aromatic rings. The maximum absolute atomic E-state index is 12.5. The van der Waals surface area contributed by atoms with Gasteiger partial charge in [-0.05, 0) is 18.6 Å². The minimum absolute atomic E-state index is 0.101. The van der Waals surface area contributed by atoms with E-state index in [0.29, 0.717) is 11.4 Å². The van der Waals surface area contributed by atoms with Crippen molar-refractivity contribution in [3.05, 3.63) is 66.5 Å². The van der Waals surface area contributed by atoms with Gasteiger partial charge in [-0.15, -0.1) is 0 Å². The number of carbonyl (C=O) groups excluding carboxylic acids is 1. The van der Waals surface area contributed by atoms with Crippen LogP contribution in [-0.4, -0.2) is 25.1 Å². The lowest BCUT2D eigenvalue weighted by atomic mass is 10.2. The smallest absolute Gasteiger partial charge is 0.231 e. The summed E-state index contributed by atoms with van der Waals surface area (Å²) in [6.07, 6.45) is 7.77. The Hall–Kier alpha value is -2.69. The van der Waals surface area contributed by atoms with Crippen LogP contribution in [0.25, 0.3) is 5.69 Å². The summed E-state index contributed by atoms with van der Waals surface area (Å²) in [5, 5.41) is 4.25. The maximum atomic E-state index is 12.5. The Balaban J connectivity index is 1.89. The van der Waals surface area contributed by atoms with E-state index >= 15 is 0 Å². The molecule has 0 spiro atoms. The number of nitrogens with zero attached hydrogens (tertiary/aromatic N) is 4. The van der Waals surface area contributed by atoms with Gasteiger partial charge in [-0.3, -0.25) is 4.79 Å². The van der Waals surface area contributed by atoms with Crippen molar-refractivity contribution in [1.29, 1.82) is 0 Å². The number of aryl methyl sites for hydroxylation is 1. The van der Waals surface area contributed by atoms with E-state index in [4.69, 9.17) is 0 Å². The summed E-state index contributed by atoms with van der Waals surface area (Å²) in [7, 11) is 0. The van der Waals surface area contributed by atoms with Crippen LogP contribution in [0.15, 0.2) is 55.1 Å². The third-order valence-corrected chi connectivity index (χ3v) is 3.25. The quantitative estimate of drug-likeness (QED) is 0.675. The lowest BCUT2D eigenvalue weighted by Crippen LogP contribution is -2.10. The summed E-state index contributed by atoms with van der Waals surface area (Å²) < 4.78 is 3.57. The van der Waals surface area contributed by atoms with Gasteiger partial charge in [-0.2, -0.15) is 5.10 Å². The van der Waals surface area contributed by atoms with Crippen LogP contribution in [-0.2, 0) is 6.54 Å². The molecule has 0 bridgehead atoms. The maximum Gasteiger partial charge on any atom is 0.231 e. The van der Waals surface area contributed by atoms with Crippen LogP contribution in [0.2, 0.25) is 0 Å². The van der Waals surface area contributed by atoms with Gasteiger partial charge in [0.2, 0.25) is 5.78 Å². The largest absolute Gasteiger partial charge is 0.328 e. The molecule has 0 aliphatic rings. The Morgan fingerprint density at radius 3 is 2.81 bits per heavy atom. The summed E-state index contributed by atoms with van der Waals surface area (Å²) in [6, 6.07) is 9.71. The van der Waals surface area contributed by atoms with Crippen molar-refractivity contribution in [3.63, 3.8) is 0 Å². The summed E-state index contributed by atoms with van der Waals surface area (Å²) in [5.41, 5.74) is 1.47. The summed E-state index contributed by atoms with van der Waals surface area (Å²) in [5.74, 6) is 0.361. The van der Waals surface area contributed by atoms with E-state index in [9.17, 15) is 4.79 Å². The SMILES string of the molecule is CCCn1ccnc1C(=O)c1cnn(-c2ccccc2)c1. The molecule has 21 heavy (non-hydrogen) atoms. The number of para-hydroxylation sites is 1. The zero-order chi connectivity index (χ0) is 14.7. The molecule has 0 aliphatic carbocycles. The molecule has 0 saturated heterocycles. The zero-order valence-corrected chi connectivity index (χ0v) is 11.8. The molecule has 2 aromatic heterocycles. The fourth-order valence-corrected chi connectivity index (χ4v) is 2.23. The molecule has 0 radical (unpaired) electrons. The minimum atomic E-state index is -0.101. The lowest BCUT2D eigenvalue weighted by Gasteiger charge is -2.03. The third-order valence-electron chi connectivity index (χ3n) is 3.25. The molecule has 1 aromatic carbocycles. The molecule has 0 atom stereocenters. The van der Waals surface area contributed by atoms with Gasteiger partial charge >= 0.3 is 0 Å². The second-order valence-electron chi connectivity index (χ2n) is 4.78. The number of rotatable bonds is 5. The number of imidazole rings is 1. The van der Waals surface area contributed by atoms with Crippen LogP contribution in [0.4, 0.5) is 0 Å². The monoisotopic (exact) mass is 280 g/mol. The molecule has 5 nitrogen and oxygen atoms in total. The first-order valence-corrected chi connectivity index (χ1v) is 6.95. The fourth-order valence-electron chi connectivity index (χ4n) is 2.23. The Bertz CT molecular complexity index is 742. The molecule has 0 aliphatic heterocycles. The van der Waals surface area contributed by atoms with Gasteiger partial charge in [0.25, 0.3) is 0 Å². The van der Waals surface area contributed by atoms with E-state index in [1.165, 1.54) is 0 Å². The van der Waals surface area contributed by atoms with Crippen LogP contribution in [0.3, 0.4) is 0 Å². The second-order valence-corrected chi connectivity index (χ2v) is 4.78. The van der Waals surface area contributed by atoms with Crippen LogP contribution in [0, 0.1) is 0 Å². The van der Waals surface area contributed by atoms with Crippen molar-refractivity contribution in [2.75, 3.05) is 0 Å². The van der Waals surface area contributed by atoms with Crippen molar-refractivity contribution in [2.45, 2.75) is 19.9 Å². The van der Waals surface area contributed by atoms with Gasteiger partial charge in [-0.1, -0.05) is 25.1 Å². The van der Waals surface area contributed by atoms with Crippen LogP contribution < -0.4 is 0 Å². The summed E-state index contributed by atoms with van der Waals surface area (Å²) >= 11 is 0. The minimum Gasteiger partial charge on any atom is -0.328 e. The highest BCUT2D eigenvalue weighted by molar-refractivity contribution is 6.06. The molecular weight excluding hydrogens is 264 g/mol. The van der Waals surface area contributed by atoms with Crippen LogP contribution >= 0.6 is 0 Å². The number of hydrogen-bond donors (Lipinski definition) is 0. The summed E-state index contributed by atoms with van der Waals surface area (Å²) in [6.45, 7) is 2.86. The third kappa shape index (κ3) is 2.63. The molecule has 0 saturated carbocycles. The van der Waals surface area contributed by atoms with E-state index in [-0.39, 0.29) is 5.78 Å². The number of ketones is 1. The van der Waals surface area contributed by atoms with Gasteiger partial charge in [-0.25, -0.2) is 9.67 Å². The number of aromatic nitrogens is 4. The highest BCUT2D eigenvalue weighted by Crippen LogP contribution is 2.12. The Labute approximate surface area is 122 Å². The second kappa shape index (κ2) is 5.75. The average Bonchev–Trinajstić information content (AvgIpc) is 3.17. The Morgan fingerprint density at radius 2 is 2.05 bits per heavy atom. The summed E-state index contributed by atoms with van der Waals surface area (Å²) in [4.78, 5) is 16.7. The highest BCUT2D eigenvalue weighted by atomic mass is 16.1. The zero-order valence-electron chi connectivity index (χ0n) is 11.8. The van der Waals surface area contributed by atoms with Gasteiger partial charge in [0.15, 0.2) is 5.82 Å². The van der Waals surface area contributed by atoms with E-state index in [1.807, 2.05) is 41.1 Å². The highest BCUT2D eigenvalue weighted by Gasteiger charge is 2.17. The molecular formula is C16H16N4O. The Kier molecular flexibility index (Phi) is 3.64. The van der Waals surface area contributed by atoms with E-state index in [2.05, 4.69) is 17.0 Å². The average molecular weight is 280 g/mol. The van der Waals surface area contributed by atoms with Gasteiger partial charge < -0.3 is 4.57 Å². The molecule has 0 fully saturated rings.